The molecule has 1 amide bonds. The van der Waals surface area contributed by atoms with Crippen molar-refractivity contribution in [3.05, 3.63) is 23.9 Å². The minimum absolute atomic E-state index is 0.0592. The lowest BCUT2D eigenvalue weighted by Crippen LogP contribution is -2.49. The summed E-state index contributed by atoms with van der Waals surface area (Å²) in [6, 6.07) is 5.72. The van der Waals surface area contributed by atoms with Gasteiger partial charge in [-0.1, -0.05) is 18.9 Å². The Balaban J connectivity index is 1.82. The van der Waals surface area contributed by atoms with Gasteiger partial charge in [0.25, 0.3) is 5.91 Å². The van der Waals surface area contributed by atoms with Crippen molar-refractivity contribution < 1.29 is 4.79 Å². The molecular weight excluding hydrogens is 238 g/mol. The van der Waals surface area contributed by atoms with Crippen molar-refractivity contribution in [2.24, 2.45) is 5.92 Å². The summed E-state index contributed by atoms with van der Waals surface area (Å²) in [5, 5.41) is 0. The van der Waals surface area contributed by atoms with Crippen LogP contribution in [0.5, 0.6) is 0 Å². The molecule has 0 aromatic carbocycles. The van der Waals surface area contributed by atoms with E-state index in [0.29, 0.717) is 23.5 Å². The highest BCUT2D eigenvalue weighted by Gasteiger charge is 2.36. The maximum atomic E-state index is 12.6. The molecule has 102 valence electrons. The lowest BCUT2D eigenvalue weighted by molar-refractivity contribution is 0.0385. The summed E-state index contributed by atoms with van der Waals surface area (Å²) in [7, 11) is 0. The lowest BCUT2D eigenvalue weighted by atomic mass is 9.78. The largest absolute Gasteiger partial charge is 0.384 e. The Morgan fingerprint density at radius 2 is 2.00 bits per heavy atom. The van der Waals surface area contributed by atoms with Crippen molar-refractivity contribution in [1.82, 2.24) is 9.88 Å². The summed E-state index contributed by atoms with van der Waals surface area (Å²) in [4.78, 5) is 18.8. The molecule has 2 unspecified atom stereocenters. The number of hydrogen-bond acceptors (Lipinski definition) is 3. The van der Waals surface area contributed by atoms with E-state index in [1.165, 1.54) is 25.7 Å². The molecule has 1 aromatic rings. The summed E-state index contributed by atoms with van der Waals surface area (Å²) in [6.45, 7) is 0.872. The third kappa shape index (κ3) is 2.44. The number of amides is 1. The normalized spacial score (nSPS) is 26.8. The first-order valence-corrected chi connectivity index (χ1v) is 7.29. The van der Waals surface area contributed by atoms with Gasteiger partial charge in [-0.25, -0.2) is 4.98 Å². The highest BCUT2D eigenvalue weighted by atomic mass is 16.2. The quantitative estimate of drug-likeness (QED) is 0.842. The van der Waals surface area contributed by atoms with Crippen LogP contribution in [0.2, 0.25) is 0 Å². The maximum Gasteiger partial charge on any atom is 0.272 e. The van der Waals surface area contributed by atoms with Crippen molar-refractivity contribution in [3.8, 4) is 0 Å². The third-order valence-corrected chi connectivity index (χ3v) is 4.49. The van der Waals surface area contributed by atoms with E-state index in [1.807, 2.05) is 0 Å². The number of pyridine rings is 1. The molecule has 0 radical (unpaired) electrons. The van der Waals surface area contributed by atoms with Crippen molar-refractivity contribution in [2.75, 3.05) is 12.3 Å². The topological polar surface area (TPSA) is 59.2 Å². The van der Waals surface area contributed by atoms with Gasteiger partial charge in [-0.15, -0.1) is 0 Å². The van der Waals surface area contributed by atoms with Crippen LogP contribution in [-0.2, 0) is 0 Å². The molecule has 2 N–H and O–H groups in total. The first kappa shape index (κ1) is 12.5. The number of hydrogen-bond donors (Lipinski definition) is 1. The maximum absolute atomic E-state index is 12.6. The van der Waals surface area contributed by atoms with E-state index in [2.05, 4.69) is 9.88 Å². The van der Waals surface area contributed by atoms with Crippen molar-refractivity contribution >= 4 is 11.7 Å². The molecule has 1 aliphatic carbocycles. The molecule has 0 spiro atoms. The van der Waals surface area contributed by atoms with Crippen molar-refractivity contribution in [3.63, 3.8) is 0 Å². The van der Waals surface area contributed by atoms with E-state index in [1.54, 1.807) is 18.2 Å². The summed E-state index contributed by atoms with van der Waals surface area (Å²) in [6.07, 6.45) is 7.39. The Bertz CT molecular complexity index is 472. The van der Waals surface area contributed by atoms with Crippen LogP contribution in [0.4, 0.5) is 5.82 Å². The molecule has 1 saturated heterocycles. The number of fused-ring (bicyclic) bond motifs is 1. The van der Waals surface area contributed by atoms with Crippen molar-refractivity contribution in [2.45, 2.75) is 44.6 Å². The molecule has 2 aliphatic rings. The van der Waals surface area contributed by atoms with Gasteiger partial charge in [0.15, 0.2) is 0 Å². The van der Waals surface area contributed by atoms with E-state index in [4.69, 9.17) is 5.73 Å². The number of anilines is 1. The first-order valence-electron chi connectivity index (χ1n) is 7.29. The Kier molecular flexibility index (Phi) is 3.40. The number of likely N-dealkylation sites (tertiary alicyclic amines) is 1. The van der Waals surface area contributed by atoms with E-state index in [0.717, 1.165) is 19.4 Å². The van der Waals surface area contributed by atoms with Crippen LogP contribution in [0.3, 0.4) is 0 Å². The number of nitrogens with two attached hydrogens (primary N) is 1. The van der Waals surface area contributed by atoms with Gasteiger partial charge in [0, 0.05) is 12.6 Å². The van der Waals surface area contributed by atoms with E-state index >= 15 is 0 Å². The van der Waals surface area contributed by atoms with Gasteiger partial charge in [-0.2, -0.15) is 0 Å². The van der Waals surface area contributed by atoms with Gasteiger partial charge < -0.3 is 10.6 Å². The van der Waals surface area contributed by atoms with Gasteiger partial charge in [0.2, 0.25) is 0 Å². The van der Waals surface area contributed by atoms with Gasteiger partial charge in [0.1, 0.15) is 11.5 Å². The fraction of sp³-hybridized carbons (Fsp3) is 0.600. The minimum atomic E-state index is 0.0592. The molecule has 1 aromatic heterocycles. The zero-order chi connectivity index (χ0) is 13.2. The number of nitrogens with zero attached hydrogens (tertiary/aromatic N) is 2. The highest BCUT2D eigenvalue weighted by molar-refractivity contribution is 5.93. The summed E-state index contributed by atoms with van der Waals surface area (Å²) < 4.78 is 0. The monoisotopic (exact) mass is 259 g/mol. The number of nitrogen functional groups attached to an aromatic ring is 1. The van der Waals surface area contributed by atoms with Crippen LogP contribution in [-0.4, -0.2) is 28.4 Å². The van der Waals surface area contributed by atoms with Gasteiger partial charge in [0.05, 0.1) is 0 Å². The first-order chi connectivity index (χ1) is 9.25. The summed E-state index contributed by atoms with van der Waals surface area (Å²) in [5.74, 6) is 1.18. The van der Waals surface area contributed by atoms with Crippen LogP contribution in [0, 0.1) is 5.92 Å². The predicted molar refractivity (Wildman–Crippen MR) is 74.7 cm³/mol. The molecule has 1 aliphatic heterocycles. The average molecular weight is 259 g/mol. The zero-order valence-corrected chi connectivity index (χ0v) is 11.2. The molecule has 4 nitrogen and oxygen atoms in total. The molecule has 2 fully saturated rings. The molecule has 3 rings (SSSR count). The van der Waals surface area contributed by atoms with Crippen LogP contribution in [0.1, 0.15) is 49.0 Å². The Labute approximate surface area is 114 Å². The second-order valence-corrected chi connectivity index (χ2v) is 5.70. The fourth-order valence-electron chi connectivity index (χ4n) is 3.59. The van der Waals surface area contributed by atoms with E-state index in [9.17, 15) is 4.79 Å². The Hall–Kier alpha value is -1.58. The molecule has 2 atom stereocenters. The predicted octanol–water partition coefficient (Wildman–Crippen LogP) is 2.46. The number of rotatable bonds is 1. The molecule has 19 heavy (non-hydrogen) atoms. The zero-order valence-electron chi connectivity index (χ0n) is 11.2. The highest BCUT2D eigenvalue weighted by Crippen LogP contribution is 2.35. The molecule has 0 bridgehead atoms. The molecule has 1 saturated carbocycles. The van der Waals surface area contributed by atoms with Crippen LogP contribution < -0.4 is 5.73 Å². The van der Waals surface area contributed by atoms with Gasteiger partial charge in [-0.3, -0.25) is 4.79 Å². The minimum Gasteiger partial charge on any atom is -0.384 e. The van der Waals surface area contributed by atoms with Crippen LogP contribution in [0.25, 0.3) is 0 Å². The summed E-state index contributed by atoms with van der Waals surface area (Å²) in [5.41, 5.74) is 6.17. The fourth-order valence-corrected chi connectivity index (χ4v) is 3.59. The standard InChI is InChI=1S/C15H21N3O/c16-14-9-3-7-12(17-14)15(19)18-10-4-6-11-5-1-2-8-13(11)18/h3,7,9,11,13H,1-2,4-6,8,10H2,(H2,16,17). The molecular formula is C15H21N3O. The molecule has 4 heteroatoms. The Morgan fingerprint density at radius 1 is 1.21 bits per heavy atom. The van der Waals surface area contributed by atoms with E-state index < -0.39 is 0 Å². The van der Waals surface area contributed by atoms with Gasteiger partial charge >= 0.3 is 0 Å². The third-order valence-electron chi connectivity index (χ3n) is 4.49. The van der Waals surface area contributed by atoms with E-state index in [-0.39, 0.29) is 5.91 Å². The second kappa shape index (κ2) is 5.19. The molecule has 2 heterocycles. The SMILES string of the molecule is Nc1cccc(C(=O)N2CCCC3CCCCC32)n1. The van der Waals surface area contributed by atoms with Crippen molar-refractivity contribution in [1.29, 1.82) is 0 Å². The number of carbonyl (C=O) groups is 1. The summed E-state index contributed by atoms with van der Waals surface area (Å²) >= 11 is 0. The Morgan fingerprint density at radius 3 is 2.84 bits per heavy atom. The number of aromatic nitrogens is 1. The van der Waals surface area contributed by atoms with Crippen LogP contribution >= 0.6 is 0 Å². The smallest absolute Gasteiger partial charge is 0.272 e. The van der Waals surface area contributed by atoms with Crippen LogP contribution in [0.15, 0.2) is 18.2 Å². The van der Waals surface area contributed by atoms with Gasteiger partial charge in [-0.05, 0) is 43.7 Å². The lowest BCUT2D eigenvalue weighted by Gasteiger charge is -2.44. The number of carbonyl (C=O) groups excluding carboxylic acids is 1. The second-order valence-electron chi connectivity index (χ2n) is 5.70. The average Bonchev–Trinajstić information content (AvgIpc) is 2.46. The number of piperidine rings is 1.